The van der Waals surface area contributed by atoms with Crippen LogP contribution in [0.5, 0.6) is 0 Å². The van der Waals surface area contributed by atoms with Gasteiger partial charge in [0.15, 0.2) is 0 Å². The fourth-order valence-corrected chi connectivity index (χ4v) is 8.97. The first-order chi connectivity index (χ1) is 24.8. The van der Waals surface area contributed by atoms with Crippen LogP contribution >= 0.6 is 0 Å². The molecular formula is C48H28N2. The van der Waals surface area contributed by atoms with Crippen molar-refractivity contribution in [3.05, 3.63) is 170 Å². The van der Waals surface area contributed by atoms with Crippen molar-refractivity contribution in [2.75, 3.05) is 0 Å². The molecule has 0 aliphatic heterocycles. The highest BCUT2D eigenvalue weighted by Gasteiger charge is 2.21. The number of benzene rings is 8. The molecule has 0 unspecified atom stereocenters. The maximum absolute atomic E-state index is 2.48. The van der Waals surface area contributed by atoms with Gasteiger partial charge in [0.25, 0.3) is 0 Å². The van der Waals surface area contributed by atoms with Crippen molar-refractivity contribution in [2.45, 2.75) is 0 Å². The second kappa shape index (κ2) is 9.49. The quantitative estimate of drug-likeness (QED) is 0.183. The summed E-state index contributed by atoms with van der Waals surface area (Å²) in [7, 11) is 0. The smallest absolute Gasteiger partial charge is 0.0620 e. The maximum atomic E-state index is 2.48. The Morgan fingerprint density at radius 3 is 1.24 bits per heavy atom. The molecule has 0 radical (unpaired) electrons. The third-order valence-corrected chi connectivity index (χ3v) is 11.2. The predicted molar refractivity (Wildman–Crippen MR) is 212 cm³/mol. The summed E-state index contributed by atoms with van der Waals surface area (Å²) >= 11 is 0. The molecule has 4 aromatic heterocycles. The highest BCUT2D eigenvalue weighted by Crippen LogP contribution is 2.44. The van der Waals surface area contributed by atoms with E-state index in [2.05, 4.69) is 179 Å². The monoisotopic (exact) mass is 632 g/mol. The number of aromatic nitrogens is 2. The fraction of sp³-hybridized carbons (Fsp3) is 0. The molecule has 2 nitrogen and oxygen atoms in total. The first-order valence-electron chi connectivity index (χ1n) is 17.4. The van der Waals surface area contributed by atoms with Crippen LogP contribution in [0.4, 0.5) is 0 Å². The van der Waals surface area contributed by atoms with Gasteiger partial charge in [-0.25, -0.2) is 0 Å². The average Bonchev–Trinajstić information content (AvgIpc) is 3.91. The number of rotatable bonds is 3. The molecular weight excluding hydrogens is 605 g/mol. The number of hydrogen-bond acceptors (Lipinski definition) is 0. The first kappa shape index (κ1) is 26.3. The standard InChI is InChI=1S/C48H28N2/c1-2-10-29(11-3-1)30-12-8-13-31(24-30)32-20-22-45-39(25-32)37-16-9-17-38-40-26-33(21-23-46(40)50(45)47(37)38)34-27-41-35-14-4-6-18-43(35)49-44-19-7-5-15-36(44)42(28-34)48(41)49/h1-28H. The molecule has 0 saturated carbocycles. The molecule has 2 heteroatoms. The average molecular weight is 633 g/mol. The third kappa shape index (κ3) is 3.37. The molecule has 0 fully saturated rings. The van der Waals surface area contributed by atoms with Crippen molar-refractivity contribution in [1.82, 2.24) is 8.80 Å². The van der Waals surface area contributed by atoms with Gasteiger partial charge in [-0.15, -0.1) is 0 Å². The Balaban J connectivity index is 1.06. The van der Waals surface area contributed by atoms with E-state index in [0.717, 1.165) is 0 Å². The zero-order valence-corrected chi connectivity index (χ0v) is 27.1. The van der Waals surface area contributed by atoms with E-state index in [0.29, 0.717) is 0 Å². The largest absolute Gasteiger partial charge is 0.308 e. The molecule has 0 amide bonds. The van der Waals surface area contributed by atoms with Crippen LogP contribution in [0.2, 0.25) is 0 Å². The lowest BCUT2D eigenvalue weighted by molar-refractivity contribution is 1.37. The van der Waals surface area contributed by atoms with Gasteiger partial charge in [-0.1, -0.05) is 115 Å². The van der Waals surface area contributed by atoms with Crippen LogP contribution < -0.4 is 0 Å². The van der Waals surface area contributed by atoms with Gasteiger partial charge in [0, 0.05) is 43.1 Å². The van der Waals surface area contributed by atoms with Crippen molar-refractivity contribution >= 4 is 76.2 Å². The van der Waals surface area contributed by atoms with Crippen LogP contribution in [0, 0.1) is 0 Å². The lowest BCUT2D eigenvalue weighted by Gasteiger charge is -2.08. The SMILES string of the molecule is c1ccc(-c2cccc(-c3ccc4c(c3)c3cccc5c6cc(-c7cc8c9ccccc9n9c%10ccccc%10c(c7)c89)ccc6n4c35)c2)cc1. The number of fused-ring (bicyclic) bond motifs is 12. The molecule has 0 saturated heterocycles. The van der Waals surface area contributed by atoms with Gasteiger partial charge in [0.05, 0.1) is 33.1 Å². The Morgan fingerprint density at radius 1 is 0.220 bits per heavy atom. The highest BCUT2D eigenvalue weighted by atomic mass is 14.9. The van der Waals surface area contributed by atoms with Gasteiger partial charge in [0.2, 0.25) is 0 Å². The van der Waals surface area contributed by atoms with E-state index in [1.165, 1.54) is 110 Å². The summed E-state index contributed by atoms with van der Waals surface area (Å²) in [5.74, 6) is 0. The van der Waals surface area contributed by atoms with E-state index in [-0.39, 0.29) is 0 Å². The second-order valence-electron chi connectivity index (χ2n) is 13.7. The molecule has 12 aromatic rings. The molecule has 0 N–H and O–H groups in total. The van der Waals surface area contributed by atoms with Crippen LogP contribution in [-0.4, -0.2) is 8.80 Å². The van der Waals surface area contributed by atoms with Gasteiger partial charge in [-0.2, -0.15) is 0 Å². The van der Waals surface area contributed by atoms with Gasteiger partial charge in [0.1, 0.15) is 0 Å². The summed E-state index contributed by atoms with van der Waals surface area (Å²) in [5, 5.41) is 10.4. The van der Waals surface area contributed by atoms with Gasteiger partial charge in [-0.3, -0.25) is 0 Å². The Labute approximate surface area is 287 Å². The van der Waals surface area contributed by atoms with Crippen molar-refractivity contribution in [3.63, 3.8) is 0 Å². The molecule has 0 aliphatic carbocycles. The van der Waals surface area contributed by atoms with E-state index >= 15 is 0 Å². The number of para-hydroxylation sites is 3. The second-order valence-corrected chi connectivity index (χ2v) is 13.7. The molecule has 8 aromatic carbocycles. The number of hydrogen-bond donors (Lipinski definition) is 0. The molecule has 12 rings (SSSR count). The minimum absolute atomic E-state index is 1.23. The van der Waals surface area contributed by atoms with E-state index in [1.54, 1.807) is 0 Å². The molecule has 0 spiro atoms. The predicted octanol–water partition coefficient (Wildman–Crippen LogP) is 13.0. The Hall–Kier alpha value is -6.64. The Bertz CT molecular complexity index is 3220. The van der Waals surface area contributed by atoms with Crippen molar-refractivity contribution < 1.29 is 0 Å². The molecule has 50 heavy (non-hydrogen) atoms. The van der Waals surface area contributed by atoms with Crippen molar-refractivity contribution in [2.24, 2.45) is 0 Å². The molecule has 0 aliphatic rings. The third-order valence-electron chi connectivity index (χ3n) is 11.2. The summed E-state index contributed by atoms with van der Waals surface area (Å²) in [5.41, 5.74) is 15.1. The van der Waals surface area contributed by atoms with Crippen LogP contribution in [0.1, 0.15) is 0 Å². The minimum atomic E-state index is 1.23. The number of nitrogens with zero attached hydrogens (tertiary/aromatic N) is 2. The van der Waals surface area contributed by atoms with Gasteiger partial charge >= 0.3 is 0 Å². The van der Waals surface area contributed by atoms with Crippen LogP contribution in [0.25, 0.3) is 110 Å². The summed E-state index contributed by atoms with van der Waals surface area (Å²) in [6.45, 7) is 0. The van der Waals surface area contributed by atoms with E-state index < -0.39 is 0 Å². The van der Waals surface area contributed by atoms with E-state index in [1.807, 2.05) is 0 Å². The van der Waals surface area contributed by atoms with Crippen LogP contribution in [0.15, 0.2) is 170 Å². The van der Waals surface area contributed by atoms with E-state index in [9.17, 15) is 0 Å². The highest BCUT2D eigenvalue weighted by molar-refractivity contribution is 6.26. The van der Waals surface area contributed by atoms with Crippen LogP contribution in [-0.2, 0) is 0 Å². The molecule has 0 atom stereocenters. The Morgan fingerprint density at radius 2 is 0.620 bits per heavy atom. The summed E-state index contributed by atoms with van der Waals surface area (Å²) in [6, 6.07) is 62.9. The van der Waals surface area contributed by atoms with E-state index in [4.69, 9.17) is 0 Å². The zero-order chi connectivity index (χ0) is 32.5. The fourth-order valence-electron chi connectivity index (χ4n) is 8.97. The lowest BCUT2D eigenvalue weighted by Crippen LogP contribution is -1.84. The van der Waals surface area contributed by atoms with Crippen molar-refractivity contribution in [3.8, 4) is 33.4 Å². The summed E-state index contributed by atoms with van der Waals surface area (Å²) in [4.78, 5) is 0. The summed E-state index contributed by atoms with van der Waals surface area (Å²) in [6.07, 6.45) is 0. The minimum Gasteiger partial charge on any atom is -0.308 e. The zero-order valence-electron chi connectivity index (χ0n) is 27.1. The van der Waals surface area contributed by atoms with Crippen molar-refractivity contribution in [1.29, 1.82) is 0 Å². The van der Waals surface area contributed by atoms with Crippen LogP contribution in [0.3, 0.4) is 0 Å². The van der Waals surface area contributed by atoms with Gasteiger partial charge in [-0.05, 0) is 88.0 Å². The topological polar surface area (TPSA) is 8.82 Å². The first-order valence-corrected chi connectivity index (χ1v) is 17.4. The summed E-state index contributed by atoms with van der Waals surface area (Å²) < 4.78 is 4.93. The lowest BCUT2D eigenvalue weighted by atomic mass is 9.97. The molecule has 4 heterocycles. The molecule has 0 bridgehead atoms. The Kier molecular flexibility index (Phi) is 5.00. The maximum Gasteiger partial charge on any atom is 0.0620 e. The normalized spacial score (nSPS) is 12.4. The molecule has 230 valence electrons. The van der Waals surface area contributed by atoms with Gasteiger partial charge < -0.3 is 8.80 Å².